The molecule has 0 saturated heterocycles. The van der Waals surface area contributed by atoms with Crippen molar-refractivity contribution in [2.45, 2.75) is 6.54 Å². The Balaban J connectivity index is 1.90. The Bertz CT molecular complexity index is 1300. The van der Waals surface area contributed by atoms with Crippen LogP contribution >= 0.6 is 11.6 Å². The van der Waals surface area contributed by atoms with Crippen LogP contribution in [0.4, 0.5) is 0 Å². The first-order chi connectivity index (χ1) is 16.1. The van der Waals surface area contributed by atoms with Crippen LogP contribution in [0.5, 0.6) is 11.5 Å². The van der Waals surface area contributed by atoms with E-state index in [1.165, 1.54) is 7.11 Å². The predicted molar refractivity (Wildman–Crippen MR) is 128 cm³/mol. The van der Waals surface area contributed by atoms with E-state index in [9.17, 15) is 4.79 Å². The molecule has 0 radical (unpaired) electrons. The minimum absolute atomic E-state index is 0.382. The van der Waals surface area contributed by atoms with Crippen molar-refractivity contribution in [1.29, 1.82) is 0 Å². The molecule has 3 aromatic carbocycles. The second kappa shape index (κ2) is 9.79. The lowest BCUT2D eigenvalue weighted by Gasteiger charge is -2.12. The second-order valence-electron chi connectivity index (χ2n) is 7.26. The van der Waals surface area contributed by atoms with Crippen molar-refractivity contribution in [3.05, 3.63) is 88.9 Å². The van der Waals surface area contributed by atoms with Gasteiger partial charge in [-0.2, -0.15) is 5.10 Å². The van der Waals surface area contributed by atoms with Gasteiger partial charge < -0.3 is 14.2 Å². The van der Waals surface area contributed by atoms with Crippen LogP contribution in [0, 0.1) is 0 Å². The molecule has 0 saturated carbocycles. The van der Waals surface area contributed by atoms with Gasteiger partial charge in [-0.3, -0.25) is 4.68 Å². The third kappa shape index (κ3) is 4.43. The SMILES string of the molecule is COC(=O)c1cccc(Cn2nc(-c3ccccc3OC)c(Cl)c2-c2ccccc2OC)c1. The third-order valence-electron chi connectivity index (χ3n) is 5.30. The van der Waals surface area contributed by atoms with Crippen molar-refractivity contribution >= 4 is 17.6 Å². The van der Waals surface area contributed by atoms with Crippen molar-refractivity contribution < 1.29 is 19.0 Å². The van der Waals surface area contributed by atoms with E-state index in [0.29, 0.717) is 40.0 Å². The van der Waals surface area contributed by atoms with E-state index in [1.807, 2.05) is 65.3 Å². The minimum atomic E-state index is -0.394. The van der Waals surface area contributed by atoms with Gasteiger partial charge in [0.25, 0.3) is 0 Å². The van der Waals surface area contributed by atoms with Gasteiger partial charge in [0, 0.05) is 11.1 Å². The molecular weight excluding hydrogens is 440 g/mol. The maximum Gasteiger partial charge on any atom is 0.337 e. The summed E-state index contributed by atoms with van der Waals surface area (Å²) in [6.07, 6.45) is 0. The summed E-state index contributed by atoms with van der Waals surface area (Å²) in [5.74, 6) is 0.953. The largest absolute Gasteiger partial charge is 0.496 e. The maximum absolute atomic E-state index is 12.0. The van der Waals surface area contributed by atoms with E-state index < -0.39 is 5.97 Å². The van der Waals surface area contributed by atoms with Gasteiger partial charge in [0.15, 0.2) is 0 Å². The van der Waals surface area contributed by atoms with Crippen molar-refractivity contribution in [3.8, 4) is 34.0 Å². The Labute approximate surface area is 197 Å². The molecular formula is C26H23ClN2O4. The summed E-state index contributed by atoms with van der Waals surface area (Å²) in [4.78, 5) is 12.0. The van der Waals surface area contributed by atoms with Crippen LogP contribution in [-0.2, 0) is 11.3 Å². The number of carbonyl (C=O) groups is 1. The summed E-state index contributed by atoms with van der Waals surface area (Å²) in [7, 11) is 4.60. The Kier molecular flexibility index (Phi) is 6.66. The van der Waals surface area contributed by atoms with Crippen LogP contribution in [0.2, 0.25) is 5.02 Å². The molecule has 0 bridgehead atoms. The normalized spacial score (nSPS) is 10.7. The molecule has 0 aliphatic rings. The lowest BCUT2D eigenvalue weighted by atomic mass is 10.1. The Morgan fingerprint density at radius 1 is 0.879 bits per heavy atom. The van der Waals surface area contributed by atoms with Gasteiger partial charge in [-0.25, -0.2) is 4.79 Å². The maximum atomic E-state index is 12.0. The number of benzene rings is 3. The zero-order valence-electron chi connectivity index (χ0n) is 18.5. The summed E-state index contributed by atoms with van der Waals surface area (Å²) < 4.78 is 17.8. The fourth-order valence-electron chi connectivity index (χ4n) is 3.75. The minimum Gasteiger partial charge on any atom is -0.496 e. The van der Waals surface area contributed by atoms with E-state index in [0.717, 1.165) is 16.7 Å². The smallest absolute Gasteiger partial charge is 0.337 e. The summed E-state index contributed by atoms with van der Waals surface area (Å²) in [5.41, 5.74) is 4.24. The number of nitrogens with zero attached hydrogens (tertiary/aromatic N) is 2. The Hall–Kier alpha value is -3.77. The van der Waals surface area contributed by atoms with E-state index in [2.05, 4.69) is 0 Å². The number of hydrogen-bond acceptors (Lipinski definition) is 5. The van der Waals surface area contributed by atoms with Gasteiger partial charge in [-0.15, -0.1) is 0 Å². The molecule has 4 rings (SSSR count). The number of hydrogen-bond donors (Lipinski definition) is 0. The van der Waals surface area contributed by atoms with Crippen LogP contribution in [0.25, 0.3) is 22.5 Å². The molecule has 168 valence electrons. The van der Waals surface area contributed by atoms with Crippen LogP contribution in [0.15, 0.2) is 72.8 Å². The summed E-state index contributed by atoms with van der Waals surface area (Å²) in [6.45, 7) is 0.382. The molecule has 1 heterocycles. The fraction of sp³-hybridized carbons (Fsp3) is 0.154. The molecule has 0 spiro atoms. The number of carbonyl (C=O) groups excluding carboxylic acids is 1. The van der Waals surface area contributed by atoms with Gasteiger partial charge in [-0.1, -0.05) is 48.0 Å². The van der Waals surface area contributed by atoms with Crippen LogP contribution in [0.1, 0.15) is 15.9 Å². The average Bonchev–Trinajstić information content (AvgIpc) is 3.18. The van der Waals surface area contributed by atoms with Crippen molar-refractivity contribution in [1.82, 2.24) is 9.78 Å². The first-order valence-electron chi connectivity index (χ1n) is 10.3. The summed E-state index contributed by atoms with van der Waals surface area (Å²) in [5, 5.41) is 5.34. The highest BCUT2D eigenvalue weighted by Gasteiger charge is 2.23. The average molecular weight is 463 g/mol. The number of ether oxygens (including phenoxy) is 3. The Morgan fingerprint density at radius 3 is 2.18 bits per heavy atom. The van der Waals surface area contributed by atoms with Crippen LogP contribution in [0.3, 0.4) is 0 Å². The molecule has 0 aliphatic heterocycles. The molecule has 0 atom stereocenters. The zero-order chi connectivity index (χ0) is 23.4. The monoisotopic (exact) mass is 462 g/mol. The van der Waals surface area contributed by atoms with E-state index in [-0.39, 0.29) is 0 Å². The molecule has 4 aromatic rings. The van der Waals surface area contributed by atoms with Crippen molar-refractivity contribution in [2.75, 3.05) is 21.3 Å². The molecule has 6 nitrogen and oxygen atoms in total. The van der Waals surface area contributed by atoms with Gasteiger partial charge in [-0.05, 0) is 42.0 Å². The fourth-order valence-corrected chi connectivity index (χ4v) is 4.09. The van der Waals surface area contributed by atoms with E-state index >= 15 is 0 Å². The molecule has 33 heavy (non-hydrogen) atoms. The number of halogens is 1. The number of esters is 1. The quantitative estimate of drug-likeness (QED) is 0.328. The lowest BCUT2D eigenvalue weighted by molar-refractivity contribution is 0.0600. The van der Waals surface area contributed by atoms with Crippen molar-refractivity contribution in [2.24, 2.45) is 0 Å². The van der Waals surface area contributed by atoms with Gasteiger partial charge >= 0.3 is 5.97 Å². The van der Waals surface area contributed by atoms with Crippen LogP contribution < -0.4 is 9.47 Å². The third-order valence-corrected chi connectivity index (χ3v) is 5.66. The van der Waals surface area contributed by atoms with Crippen molar-refractivity contribution in [3.63, 3.8) is 0 Å². The first kappa shape index (κ1) is 22.4. The number of rotatable bonds is 7. The molecule has 1 aromatic heterocycles. The molecule has 0 N–H and O–H groups in total. The molecule has 0 unspecified atom stereocenters. The molecule has 7 heteroatoms. The van der Waals surface area contributed by atoms with E-state index in [4.69, 9.17) is 30.9 Å². The first-order valence-corrected chi connectivity index (χ1v) is 10.7. The predicted octanol–water partition coefficient (Wildman–Crippen LogP) is 5.72. The number of methoxy groups -OCH3 is 3. The molecule has 0 aliphatic carbocycles. The van der Waals surface area contributed by atoms with E-state index in [1.54, 1.807) is 26.4 Å². The summed E-state index contributed by atoms with van der Waals surface area (Å²) in [6, 6.07) is 22.5. The van der Waals surface area contributed by atoms with Gasteiger partial charge in [0.1, 0.15) is 17.2 Å². The summed E-state index contributed by atoms with van der Waals surface area (Å²) >= 11 is 6.96. The lowest BCUT2D eigenvalue weighted by Crippen LogP contribution is -2.07. The highest BCUT2D eigenvalue weighted by atomic mass is 35.5. The highest BCUT2D eigenvalue weighted by Crippen LogP contribution is 2.42. The highest BCUT2D eigenvalue weighted by molar-refractivity contribution is 6.35. The van der Waals surface area contributed by atoms with Gasteiger partial charge in [0.05, 0.1) is 44.2 Å². The topological polar surface area (TPSA) is 62.6 Å². The number of aromatic nitrogens is 2. The number of para-hydroxylation sites is 2. The second-order valence-corrected chi connectivity index (χ2v) is 7.64. The molecule has 0 amide bonds. The zero-order valence-corrected chi connectivity index (χ0v) is 19.3. The van der Waals surface area contributed by atoms with Crippen LogP contribution in [-0.4, -0.2) is 37.1 Å². The standard InChI is InChI=1S/C26H23ClN2O4/c1-31-21-13-6-4-11-19(21)24-23(27)25(20-12-5-7-14-22(20)32-2)29(28-24)16-17-9-8-10-18(15-17)26(30)33-3/h4-15H,16H2,1-3H3. The Morgan fingerprint density at radius 2 is 1.52 bits per heavy atom. The molecule has 0 fully saturated rings. The van der Waals surface area contributed by atoms with Gasteiger partial charge in [0.2, 0.25) is 0 Å².